The first-order valence-corrected chi connectivity index (χ1v) is 10.7. The van der Waals surface area contributed by atoms with Crippen LogP contribution in [-0.2, 0) is 6.42 Å². The number of hydrogen-bond donors (Lipinski definition) is 1. The molecule has 1 N–H and O–H groups in total. The Hall–Kier alpha value is -2.18. The Labute approximate surface area is 167 Å². The van der Waals surface area contributed by atoms with E-state index in [1.54, 1.807) is 37.3 Å². The van der Waals surface area contributed by atoms with Crippen LogP contribution in [0.4, 0.5) is 0 Å². The minimum absolute atomic E-state index is 0.133. The average Bonchev–Trinajstić information content (AvgIpc) is 3.38. The third kappa shape index (κ3) is 4.06. The minimum atomic E-state index is 0.133. The van der Waals surface area contributed by atoms with Gasteiger partial charge in [0.2, 0.25) is 0 Å². The van der Waals surface area contributed by atoms with Crippen LogP contribution in [0.3, 0.4) is 0 Å². The second-order valence-electron chi connectivity index (χ2n) is 6.34. The van der Waals surface area contributed by atoms with Crippen molar-refractivity contribution in [3.8, 4) is 11.5 Å². The molecular formula is C21H22N2O2S2. The van der Waals surface area contributed by atoms with E-state index in [-0.39, 0.29) is 6.04 Å². The molecule has 0 aliphatic carbocycles. The molecular weight excluding hydrogens is 376 g/mol. The van der Waals surface area contributed by atoms with Gasteiger partial charge >= 0.3 is 0 Å². The minimum Gasteiger partial charge on any atom is -0.497 e. The largest absolute Gasteiger partial charge is 0.497 e. The van der Waals surface area contributed by atoms with E-state index in [0.29, 0.717) is 0 Å². The topological polar surface area (TPSA) is 42.8 Å². The maximum absolute atomic E-state index is 5.45. The lowest BCUT2D eigenvalue weighted by Crippen LogP contribution is -2.27. The van der Waals surface area contributed by atoms with Crippen molar-refractivity contribution in [1.82, 2.24) is 5.32 Å². The van der Waals surface area contributed by atoms with Gasteiger partial charge in [-0.2, -0.15) is 0 Å². The molecule has 4 nitrogen and oxygen atoms in total. The van der Waals surface area contributed by atoms with E-state index in [1.807, 2.05) is 6.07 Å². The quantitative estimate of drug-likeness (QED) is 0.642. The molecule has 0 spiro atoms. The van der Waals surface area contributed by atoms with Crippen LogP contribution >= 0.6 is 23.1 Å². The lowest BCUT2D eigenvalue weighted by molar-refractivity contribution is 0.393. The Kier molecular flexibility index (Phi) is 5.55. The summed E-state index contributed by atoms with van der Waals surface area (Å²) in [5, 5.41) is 8.15. The van der Waals surface area contributed by atoms with Gasteiger partial charge in [0.25, 0.3) is 0 Å². The number of nitrogens with zero attached hydrogens (tertiary/aromatic N) is 1. The van der Waals surface area contributed by atoms with E-state index in [2.05, 4.69) is 52.1 Å². The fourth-order valence-electron chi connectivity index (χ4n) is 3.32. The van der Waals surface area contributed by atoms with Crippen molar-refractivity contribution in [2.24, 2.45) is 4.99 Å². The molecule has 2 aromatic carbocycles. The Morgan fingerprint density at radius 3 is 2.63 bits per heavy atom. The Morgan fingerprint density at radius 1 is 1.11 bits per heavy atom. The van der Waals surface area contributed by atoms with E-state index < -0.39 is 0 Å². The SMILES string of the molecule is COc1cc(CC(NC2=NCCS2)c2cccc3ccsc23)cc(OC)c1. The second-order valence-corrected chi connectivity index (χ2v) is 8.34. The number of methoxy groups -OCH3 is 2. The van der Waals surface area contributed by atoms with Gasteiger partial charge in [-0.3, -0.25) is 4.99 Å². The predicted octanol–water partition coefficient (Wildman–Crippen LogP) is 4.89. The summed E-state index contributed by atoms with van der Waals surface area (Å²) < 4.78 is 12.2. The number of hydrogen-bond acceptors (Lipinski definition) is 6. The van der Waals surface area contributed by atoms with E-state index in [4.69, 9.17) is 9.47 Å². The number of fused-ring (bicyclic) bond motifs is 1. The van der Waals surface area contributed by atoms with Crippen LogP contribution in [0.5, 0.6) is 11.5 Å². The summed E-state index contributed by atoms with van der Waals surface area (Å²) in [4.78, 5) is 4.60. The molecule has 0 bridgehead atoms. The summed E-state index contributed by atoms with van der Waals surface area (Å²) in [6.07, 6.45) is 0.824. The summed E-state index contributed by atoms with van der Waals surface area (Å²) in [5.41, 5.74) is 2.47. The predicted molar refractivity (Wildman–Crippen MR) is 116 cm³/mol. The molecule has 1 atom stereocenters. The zero-order chi connectivity index (χ0) is 18.6. The monoisotopic (exact) mass is 398 g/mol. The Morgan fingerprint density at radius 2 is 1.93 bits per heavy atom. The standard InChI is InChI=1S/C21H22N2O2S2/c1-24-16-10-14(11-17(13-16)25-2)12-19(23-21-22-7-9-27-21)18-5-3-4-15-6-8-26-20(15)18/h3-6,8,10-11,13,19H,7,9,12H2,1-2H3,(H,22,23). The van der Waals surface area contributed by atoms with Gasteiger partial charge in [0, 0.05) is 16.5 Å². The van der Waals surface area contributed by atoms with Crippen LogP contribution in [0.1, 0.15) is 17.2 Å². The van der Waals surface area contributed by atoms with Gasteiger partial charge in [-0.05, 0) is 46.5 Å². The number of nitrogens with one attached hydrogen (secondary N) is 1. The summed E-state index contributed by atoms with van der Waals surface area (Å²) in [7, 11) is 3.37. The van der Waals surface area contributed by atoms with Crippen molar-refractivity contribution in [3.05, 3.63) is 59.0 Å². The van der Waals surface area contributed by atoms with Crippen LogP contribution < -0.4 is 14.8 Å². The molecule has 0 saturated heterocycles. The first-order chi connectivity index (χ1) is 13.3. The van der Waals surface area contributed by atoms with Crippen molar-refractivity contribution < 1.29 is 9.47 Å². The molecule has 1 aliphatic heterocycles. The highest BCUT2D eigenvalue weighted by atomic mass is 32.2. The fraction of sp³-hybridized carbons (Fsp3) is 0.286. The second kappa shape index (κ2) is 8.23. The maximum Gasteiger partial charge on any atom is 0.157 e. The van der Waals surface area contributed by atoms with Crippen molar-refractivity contribution in [1.29, 1.82) is 0 Å². The molecule has 2 heterocycles. The Bertz CT molecular complexity index is 945. The number of aliphatic imine (C=N–C) groups is 1. The average molecular weight is 399 g/mol. The number of rotatable bonds is 6. The molecule has 0 fully saturated rings. The summed E-state index contributed by atoms with van der Waals surface area (Å²) in [6.45, 7) is 0.885. The van der Waals surface area contributed by atoms with E-state index in [9.17, 15) is 0 Å². The zero-order valence-electron chi connectivity index (χ0n) is 15.4. The highest BCUT2D eigenvalue weighted by Crippen LogP contribution is 2.33. The maximum atomic E-state index is 5.45. The van der Waals surface area contributed by atoms with Crippen LogP contribution in [0, 0.1) is 0 Å². The summed E-state index contributed by atoms with van der Waals surface area (Å²) in [6, 6.07) is 14.9. The van der Waals surface area contributed by atoms with E-state index in [0.717, 1.165) is 35.4 Å². The van der Waals surface area contributed by atoms with Gasteiger partial charge in [-0.15, -0.1) is 11.3 Å². The number of benzene rings is 2. The van der Waals surface area contributed by atoms with Gasteiger partial charge < -0.3 is 14.8 Å². The molecule has 1 aromatic heterocycles. The molecule has 1 unspecified atom stereocenters. The summed E-state index contributed by atoms with van der Waals surface area (Å²) >= 11 is 3.58. The number of thioether (sulfide) groups is 1. The van der Waals surface area contributed by atoms with Crippen molar-refractivity contribution in [3.63, 3.8) is 0 Å². The first-order valence-electron chi connectivity index (χ1n) is 8.88. The third-order valence-corrected chi connectivity index (χ3v) is 6.51. The van der Waals surface area contributed by atoms with Crippen LogP contribution in [0.2, 0.25) is 0 Å². The molecule has 0 amide bonds. The number of ether oxygens (including phenoxy) is 2. The molecule has 0 radical (unpaired) electrons. The van der Waals surface area contributed by atoms with Crippen molar-refractivity contribution in [2.45, 2.75) is 12.5 Å². The molecule has 27 heavy (non-hydrogen) atoms. The van der Waals surface area contributed by atoms with Gasteiger partial charge in [0.1, 0.15) is 11.5 Å². The third-order valence-electron chi connectivity index (χ3n) is 4.62. The van der Waals surface area contributed by atoms with Gasteiger partial charge in [0.05, 0.1) is 26.8 Å². The molecule has 6 heteroatoms. The first kappa shape index (κ1) is 18.2. The van der Waals surface area contributed by atoms with Crippen LogP contribution in [0.25, 0.3) is 10.1 Å². The van der Waals surface area contributed by atoms with Gasteiger partial charge in [-0.1, -0.05) is 30.0 Å². The molecule has 3 aromatic rings. The van der Waals surface area contributed by atoms with Crippen molar-refractivity contribution in [2.75, 3.05) is 26.5 Å². The normalized spacial score (nSPS) is 14.8. The fourth-order valence-corrected chi connectivity index (χ4v) is 5.07. The number of amidine groups is 1. The highest BCUT2D eigenvalue weighted by molar-refractivity contribution is 8.14. The molecule has 0 saturated carbocycles. The molecule has 4 rings (SSSR count). The van der Waals surface area contributed by atoms with E-state index in [1.165, 1.54) is 21.2 Å². The molecule has 1 aliphatic rings. The van der Waals surface area contributed by atoms with E-state index >= 15 is 0 Å². The van der Waals surface area contributed by atoms with Gasteiger partial charge in [0.15, 0.2) is 5.17 Å². The number of thiophene rings is 1. The smallest absolute Gasteiger partial charge is 0.157 e. The lowest BCUT2D eigenvalue weighted by Gasteiger charge is -2.21. The lowest BCUT2D eigenvalue weighted by atomic mass is 9.97. The van der Waals surface area contributed by atoms with Crippen LogP contribution in [0.15, 0.2) is 52.8 Å². The summed E-state index contributed by atoms with van der Waals surface area (Å²) in [5.74, 6) is 2.67. The zero-order valence-corrected chi connectivity index (χ0v) is 17.0. The highest BCUT2D eigenvalue weighted by Gasteiger charge is 2.20. The van der Waals surface area contributed by atoms with Crippen LogP contribution in [-0.4, -0.2) is 31.7 Å². The Balaban J connectivity index is 1.71. The van der Waals surface area contributed by atoms with Gasteiger partial charge in [-0.25, -0.2) is 0 Å². The van der Waals surface area contributed by atoms with Crippen molar-refractivity contribution >= 4 is 38.4 Å². The molecule has 140 valence electrons.